The summed E-state index contributed by atoms with van der Waals surface area (Å²) in [6.07, 6.45) is 0. The number of aryl methyl sites for hydroxylation is 1. The summed E-state index contributed by atoms with van der Waals surface area (Å²) in [5, 5.41) is 3.88. The molecule has 0 atom stereocenters. The molecule has 0 fully saturated rings. The van der Waals surface area contributed by atoms with E-state index in [9.17, 15) is 9.59 Å². The number of aromatic amines is 1. The third-order valence-electron chi connectivity index (χ3n) is 2.39. The number of halogens is 2. The van der Waals surface area contributed by atoms with E-state index in [4.69, 9.17) is 23.2 Å². The average Bonchev–Trinajstić information content (AvgIpc) is 2.40. The Morgan fingerprint density at radius 2 is 2.10 bits per heavy atom. The monoisotopic (exact) mass is 343 g/mol. The molecule has 0 aliphatic heterocycles. The maximum absolute atomic E-state index is 11.8. The van der Waals surface area contributed by atoms with Gasteiger partial charge < -0.3 is 10.3 Å². The van der Waals surface area contributed by atoms with Crippen molar-refractivity contribution in [2.24, 2.45) is 0 Å². The molecule has 1 heterocycles. The van der Waals surface area contributed by atoms with Gasteiger partial charge in [0.05, 0.1) is 15.8 Å². The van der Waals surface area contributed by atoms with E-state index in [-0.39, 0.29) is 17.2 Å². The largest absolute Gasteiger partial charge is 0.325 e. The zero-order valence-electron chi connectivity index (χ0n) is 10.9. The van der Waals surface area contributed by atoms with Crippen LogP contribution in [0.4, 0.5) is 5.69 Å². The second kappa shape index (κ2) is 6.98. The first-order valence-electron chi connectivity index (χ1n) is 5.90. The highest BCUT2D eigenvalue weighted by Crippen LogP contribution is 2.25. The number of hydrogen-bond donors (Lipinski definition) is 2. The van der Waals surface area contributed by atoms with E-state index in [2.05, 4.69) is 15.3 Å². The Balaban J connectivity index is 1.95. The van der Waals surface area contributed by atoms with Crippen LogP contribution in [0.3, 0.4) is 0 Å². The summed E-state index contributed by atoms with van der Waals surface area (Å²) < 4.78 is 0. The molecule has 1 aromatic carbocycles. The summed E-state index contributed by atoms with van der Waals surface area (Å²) in [4.78, 5) is 29.8. The first kappa shape index (κ1) is 15.9. The van der Waals surface area contributed by atoms with Gasteiger partial charge in [0.15, 0.2) is 5.16 Å². The molecular weight excluding hydrogens is 333 g/mol. The molecule has 0 aliphatic carbocycles. The quantitative estimate of drug-likeness (QED) is 0.660. The van der Waals surface area contributed by atoms with Gasteiger partial charge in [0, 0.05) is 17.4 Å². The van der Waals surface area contributed by atoms with Crippen molar-refractivity contribution in [1.82, 2.24) is 9.97 Å². The minimum absolute atomic E-state index is 0.118. The first-order valence-corrected chi connectivity index (χ1v) is 7.64. The molecule has 8 heteroatoms. The Morgan fingerprint density at radius 1 is 1.33 bits per heavy atom. The summed E-state index contributed by atoms with van der Waals surface area (Å²) in [6.45, 7) is 1.72. The molecule has 0 radical (unpaired) electrons. The lowest BCUT2D eigenvalue weighted by molar-refractivity contribution is -0.113. The van der Waals surface area contributed by atoms with E-state index in [0.29, 0.717) is 26.6 Å². The van der Waals surface area contributed by atoms with E-state index < -0.39 is 0 Å². The number of benzene rings is 1. The molecule has 110 valence electrons. The Kier molecular flexibility index (Phi) is 5.27. The summed E-state index contributed by atoms with van der Waals surface area (Å²) in [5.74, 6) is -0.116. The summed E-state index contributed by atoms with van der Waals surface area (Å²) >= 11 is 12.8. The number of thioether (sulfide) groups is 1. The Morgan fingerprint density at radius 3 is 2.76 bits per heavy atom. The van der Waals surface area contributed by atoms with Crippen LogP contribution < -0.4 is 10.9 Å². The fourth-order valence-electron chi connectivity index (χ4n) is 1.52. The molecule has 1 amide bonds. The molecule has 0 spiro atoms. The van der Waals surface area contributed by atoms with Gasteiger partial charge in [0.1, 0.15) is 0 Å². The van der Waals surface area contributed by atoms with Gasteiger partial charge in [-0.3, -0.25) is 9.59 Å². The fraction of sp³-hybridized carbons (Fsp3) is 0.154. The first-order chi connectivity index (χ1) is 9.94. The number of nitrogens with one attached hydrogen (secondary N) is 2. The third kappa shape index (κ3) is 4.77. The van der Waals surface area contributed by atoms with Crippen LogP contribution in [0.15, 0.2) is 34.2 Å². The maximum Gasteiger partial charge on any atom is 0.251 e. The van der Waals surface area contributed by atoms with Gasteiger partial charge in [-0.2, -0.15) is 0 Å². The molecule has 0 saturated heterocycles. The molecule has 0 aliphatic rings. The minimum atomic E-state index is -0.241. The number of anilines is 1. The smallest absolute Gasteiger partial charge is 0.251 e. The van der Waals surface area contributed by atoms with Crippen molar-refractivity contribution < 1.29 is 4.79 Å². The number of nitrogens with zero attached hydrogens (tertiary/aromatic N) is 1. The average molecular weight is 344 g/mol. The number of rotatable bonds is 4. The van der Waals surface area contributed by atoms with Crippen molar-refractivity contribution in [2.75, 3.05) is 11.1 Å². The normalized spacial score (nSPS) is 10.4. The molecule has 0 unspecified atom stereocenters. The van der Waals surface area contributed by atoms with E-state index in [1.54, 1.807) is 25.1 Å². The lowest BCUT2D eigenvalue weighted by atomic mass is 10.3. The summed E-state index contributed by atoms with van der Waals surface area (Å²) in [6, 6.07) is 6.22. The van der Waals surface area contributed by atoms with Crippen molar-refractivity contribution >= 4 is 46.6 Å². The van der Waals surface area contributed by atoms with E-state index in [1.807, 2.05) is 0 Å². The highest BCUT2D eigenvalue weighted by Gasteiger charge is 2.07. The van der Waals surface area contributed by atoms with Gasteiger partial charge >= 0.3 is 0 Å². The standard InChI is InChI=1S/C13H11Cl2N3O2S/c1-7-4-11(19)18-13(16-7)21-6-12(20)17-8-2-3-9(14)10(15)5-8/h2-5H,6H2,1H3,(H,17,20)(H,16,18,19). The zero-order valence-corrected chi connectivity index (χ0v) is 13.3. The molecule has 21 heavy (non-hydrogen) atoms. The molecule has 2 rings (SSSR count). The Hall–Kier alpha value is -1.50. The van der Waals surface area contributed by atoms with E-state index >= 15 is 0 Å². The summed E-state index contributed by atoms with van der Waals surface area (Å²) in [7, 11) is 0. The summed E-state index contributed by atoms with van der Waals surface area (Å²) in [5.41, 5.74) is 0.918. The predicted molar refractivity (Wildman–Crippen MR) is 85.4 cm³/mol. The fourth-order valence-corrected chi connectivity index (χ4v) is 2.54. The van der Waals surface area contributed by atoms with Crippen LogP contribution in [0.5, 0.6) is 0 Å². The van der Waals surface area contributed by atoms with Gasteiger partial charge in [-0.1, -0.05) is 35.0 Å². The van der Waals surface area contributed by atoms with Gasteiger partial charge in [-0.25, -0.2) is 4.98 Å². The number of hydrogen-bond acceptors (Lipinski definition) is 4. The van der Waals surface area contributed by atoms with Crippen molar-refractivity contribution in [2.45, 2.75) is 12.1 Å². The van der Waals surface area contributed by atoms with Crippen LogP contribution >= 0.6 is 35.0 Å². The Labute approximate surface area is 135 Å². The van der Waals surface area contributed by atoms with Crippen molar-refractivity contribution in [3.63, 3.8) is 0 Å². The molecule has 2 N–H and O–H groups in total. The second-order valence-corrected chi connectivity index (χ2v) is 5.94. The van der Waals surface area contributed by atoms with Gasteiger partial charge in [0.25, 0.3) is 5.56 Å². The number of amides is 1. The lowest BCUT2D eigenvalue weighted by Gasteiger charge is -2.06. The third-order valence-corrected chi connectivity index (χ3v) is 4.00. The lowest BCUT2D eigenvalue weighted by Crippen LogP contribution is -2.15. The maximum atomic E-state index is 11.8. The molecule has 1 aromatic heterocycles. The molecule has 0 bridgehead atoms. The topological polar surface area (TPSA) is 74.8 Å². The van der Waals surface area contributed by atoms with Crippen LogP contribution in [-0.2, 0) is 4.79 Å². The minimum Gasteiger partial charge on any atom is -0.325 e. The van der Waals surface area contributed by atoms with Crippen molar-refractivity contribution in [3.8, 4) is 0 Å². The van der Waals surface area contributed by atoms with Crippen LogP contribution in [-0.4, -0.2) is 21.6 Å². The van der Waals surface area contributed by atoms with E-state index in [0.717, 1.165) is 11.8 Å². The SMILES string of the molecule is Cc1cc(=O)[nH]c(SCC(=O)Nc2ccc(Cl)c(Cl)c2)n1. The van der Waals surface area contributed by atoms with Crippen LogP contribution in [0.25, 0.3) is 0 Å². The highest BCUT2D eigenvalue weighted by atomic mass is 35.5. The Bertz CT molecular complexity index is 734. The van der Waals surface area contributed by atoms with Crippen LogP contribution in [0, 0.1) is 6.92 Å². The predicted octanol–water partition coefficient (Wildman–Crippen LogP) is 3.12. The van der Waals surface area contributed by atoms with Gasteiger partial charge in [-0.15, -0.1) is 0 Å². The molecule has 2 aromatic rings. The van der Waals surface area contributed by atoms with Crippen molar-refractivity contribution in [3.05, 3.63) is 50.4 Å². The number of carbonyl (C=O) groups is 1. The second-order valence-electron chi connectivity index (χ2n) is 4.16. The van der Waals surface area contributed by atoms with Gasteiger partial charge in [0.2, 0.25) is 5.91 Å². The zero-order chi connectivity index (χ0) is 15.4. The van der Waals surface area contributed by atoms with Crippen LogP contribution in [0.1, 0.15) is 5.69 Å². The molecule has 5 nitrogen and oxygen atoms in total. The molecular formula is C13H11Cl2N3O2S. The van der Waals surface area contributed by atoms with E-state index in [1.165, 1.54) is 6.07 Å². The number of carbonyl (C=O) groups excluding carboxylic acids is 1. The molecule has 0 saturated carbocycles. The number of aromatic nitrogens is 2. The highest BCUT2D eigenvalue weighted by molar-refractivity contribution is 7.99. The van der Waals surface area contributed by atoms with Crippen LogP contribution in [0.2, 0.25) is 10.0 Å². The van der Waals surface area contributed by atoms with Crippen molar-refractivity contribution in [1.29, 1.82) is 0 Å². The van der Waals surface area contributed by atoms with Gasteiger partial charge in [-0.05, 0) is 25.1 Å². The number of H-pyrrole nitrogens is 1.